The van der Waals surface area contributed by atoms with Crippen LogP contribution in [0.3, 0.4) is 0 Å². The predicted octanol–water partition coefficient (Wildman–Crippen LogP) is 0.809. The monoisotopic (exact) mass is 243 g/mol. The van der Waals surface area contributed by atoms with Crippen molar-refractivity contribution in [2.45, 2.75) is 6.92 Å². The van der Waals surface area contributed by atoms with Gasteiger partial charge in [-0.15, -0.1) is 0 Å². The van der Waals surface area contributed by atoms with Crippen molar-refractivity contribution in [1.29, 1.82) is 0 Å². The lowest BCUT2D eigenvalue weighted by Crippen LogP contribution is -2.40. The minimum atomic E-state index is -0.926. The van der Waals surface area contributed by atoms with Crippen molar-refractivity contribution in [3.8, 4) is 0 Å². The Labute approximate surface area is 96.8 Å². The van der Waals surface area contributed by atoms with E-state index in [-0.39, 0.29) is 4.88 Å². The standard InChI is InChI=1S/C9H13N3O3S/c1-6-7(8(13)14)16-9(10-6)11-12-2-4-15-5-3-12/h2-5H2,1H3,(H,10,11)(H,13,14). The molecule has 0 bridgehead atoms. The maximum absolute atomic E-state index is 10.8. The second kappa shape index (κ2) is 4.77. The van der Waals surface area contributed by atoms with Gasteiger partial charge >= 0.3 is 5.97 Å². The first kappa shape index (κ1) is 11.3. The van der Waals surface area contributed by atoms with E-state index in [2.05, 4.69) is 10.4 Å². The Morgan fingerprint density at radius 1 is 1.56 bits per heavy atom. The molecule has 0 radical (unpaired) electrons. The third-order valence-corrected chi connectivity index (χ3v) is 3.31. The average molecular weight is 243 g/mol. The fourth-order valence-corrected chi connectivity index (χ4v) is 2.28. The number of nitrogens with one attached hydrogen (secondary N) is 1. The number of hydrogen-bond donors (Lipinski definition) is 2. The van der Waals surface area contributed by atoms with Crippen molar-refractivity contribution in [3.63, 3.8) is 0 Å². The third-order valence-electron chi connectivity index (χ3n) is 2.26. The van der Waals surface area contributed by atoms with Gasteiger partial charge in [0.2, 0.25) is 0 Å². The average Bonchev–Trinajstić information content (AvgIpc) is 2.61. The molecule has 0 saturated carbocycles. The van der Waals surface area contributed by atoms with Gasteiger partial charge in [0.15, 0.2) is 5.13 Å². The van der Waals surface area contributed by atoms with Gasteiger partial charge in [0.05, 0.1) is 18.9 Å². The number of carbonyl (C=O) groups is 1. The lowest BCUT2D eigenvalue weighted by molar-refractivity contribution is 0.0497. The van der Waals surface area contributed by atoms with Crippen LogP contribution in [0, 0.1) is 6.92 Å². The molecule has 0 aliphatic carbocycles. The second-order valence-corrected chi connectivity index (χ2v) is 4.45. The van der Waals surface area contributed by atoms with Crippen molar-refractivity contribution in [2.24, 2.45) is 0 Å². The maximum Gasteiger partial charge on any atom is 0.347 e. The highest BCUT2D eigenvalue weighted by molar-refractivity contribution is 7.17. The van der Waals surface area contributed by atoms with E-state index >= 15 is 0 Å². The molecule has 16 heavy (non-hydrogen) atoms. The van der Waals surface area contributed by atoms with Crippen molar-refractivity contribution in [1.82, 2.24) is 9.99 Å². The van der Waals surface area contributed by atoms with E-state index in [1.165, 1.54) is 0 Å². The van der Waals surface area contributed by atoms with E-state index in [0.29, 0.717) is 24.0 Å². The molecule has 0 unspecified atom stereocenters. The molecule has 1 aromatic rings. The van der Waals surface area contributed by atoms with Crippen LogP contribution in [-0.2, 0) is 4.74 Å². The molecule has 0 spiro atoms. The van der Waals surface area contributed by atoms with Crippen molar-refractivity contribution in [2.75, 3.05) is 31.7 Å². The minimum absolute atomic E-state index is 0.288. The van der Waals surface area contributed by atoms with Gasteiger partial charge in [-0.3, -0.25) is 5.43 Å². The van der Waals surface area contributed by atoms with E-state index in [1.807, 2.05) is 5.01 Å². The number of aryl methyl sites for hydroxylation is 1. The molecule has 0 atom stereocenters. The summed E-state index contributed by atoms with van der Waals surface area (Å²) in [6, 6.07) is 0. The summed E-state index contributed by atoms with van der Waals surface area (Å²) in [7, 11) is 0. The van der Waals surface area contributed by atoms with Gasteiger partial charge in [-0.25, -0.2) is 14.8 Å². The number of carboxylic acids is 1. The number of nitrogens with zero attached hydrogens (tertiary/aromatic N) is 2. The molecule has 2 N–H and O–H groups in total. The number of hydrogen-bond acceptors (Lipinski definition) is 6. The largest absolute Gasteiger partial charge is 0.477 e. The number of rotatable bonds is 3. The molecule has 7 heteroatoms. The number of aromatic carboxylic acids is 1. The lowest BCUT2D eigenvalue weighted by atomic mass is 10.4. The van der Waals surface area contributed by atoms with Gasteiger partial charge < -0.3 is 9.84 Å². The Bertz CT molecular complexity index is 387. The SMILES string of the molecule is Cc1nc(NN2CCOCC2)sc1C(=O)O. The normalized spacial score (nSPS) is 17.3. The molecule has 1 aromatic heterocycles. The Morgan fingerprint density at radius 2 is 2.25 bits per heavy atom. The van der Waals surface area contributed by atoms with Gasteiger partial charge in [0.1, 0.15) is 4.88 Å². The molecule has 2 heterocycles. The summed E-state index contributed by atoms with van der Waals surface area (Å²) in [4.78, 5) is 15.3. The number of thiazole rings is 1. The summed E-state index contributed by atoms with van der Waals surface area (Å²) in [5.41, 5.74) is 3.64. The Hall–Kier alpha value is -1.18. The molecule has 0 amide bonds. The summed E-state index contributed by atoms with van der Waals surface area (Å²) < 4.78 is 5.21. The first-order valence-corrected chi connectivity index (χ1v) is 5.78. The van der Waals surface area contributed by atoms with Crippen molar-refractivity contribution in [3.05, 3.63) is 10.6 Å². The number of morpholine rings is 1. The summed E-state index contributed by atoms with van der Waals surface area (Å²) in [5, 5.41) is 11.5. The molecule has 6 nitrogen and oxygen atoms in total. The Kier molecular flexibility index (Phi) is 3.37. The van der Waals surface area contributed by atoms with E-state index < -0.39 is 5.97 Å². The van der Waals surface area contributed by atoms with Crippen LogP contribution < -0.4 is 5.43 Å². The fourth-order valence-electron chi connectivity index (χ4n) is 1.45. The summed E-state index contributed by atoms with van der Waals surface area (Å²) in [6.07, 6.45) is 0. The highest BCUT2D eigenvalue weighted by Gasteiger charge is 2.16. The first-order chi connectivity index (χ1) is 7.66. The molecule has 2 rings (SSSR count). The zero-order valence-electron chi connectivity index (χ0n) is 8.89. The van der Waals surface area contributed by atoms with E-state index in [9.17, 15) is 4.79 Å². The highest BCUT2D eigenvalue weighted by Crippen LogP contribution is 2.22. The van der Waals surface area contributed by atoms with E-state index in [1.54, 1.807) is 6.92 Å². The Balaban J connectivity index is 2.03. The number of ether oxygens (including phenoxy) is 1. The Morgan fingerprint density at radius 3 is 2.81 bits per heavy atom. The zero-order chi connectivity index (χ0) is 11.5. The van der Waals surface area contributed by atoms with Gasteiger partial charge in [-0.1, -0.05) is 11.3 Å². The van der Waals surface area contributed by atoms with Crippen molar-refractivity contribution < 1.29 is 14.6 Å². The lowest BCUT2D eigenvalue weighted by Gasteiger charge is -2.26. The maximum atomic E-state index is 10.8. The smallest absolute Gasteiger partial charge is 0.347 e. The second-order valence-electron chi connectivity index (χ2n) is 3.45. The fraction of sp³-hybridized carbons (Fsp3) is 0.556. The number of hydrazine groups is 1. The molecule has 1 aliphatic rings. The molecule has 1 fully saturated rings. The van der Waals surface area contributed by atoms with Crippen LogP contribution in [0.5, 0.6) is 0 Å². The number of aromatic nitrogens is 1. The first-order valence-electron chi connectivity index (χ1n) is 4.97. The van der Waals surface area contributed by atoms with Gasteiger partial charge in [0, 0.05) is 13.1 Å². The molecule has 1 aliphatic heterocycles. The molecule has 88 valence electrons. The number of carboxylic acid groups (broad SMARTS) is 1. The van der Waals surface area contributed by atoms with Crippen LogP contribution in [0.1, 0.15) is 15.4 Å². The number of anilines is 1. The quantitative estimate of drug-likeness (QED) is 0.818. The van der Waals surface area contributed by atoms with Crippen LogP contribution >= 0.6 is 11.3 Å². The predicted molar refractivity (Wildman–Crippen MR) is 59.8 cm³/mol. The summed E-state index contributed by atoms with van der Waals surface area (Å²) in [5.74, 6) is -0.926. The summed E-state index contributed by atoms with van der Waals surface area (Å²) in [6.45, 7) is 4.62. The summed E-state index contributed by atoms with van der Waals surface area (Å²) >= 11 is 1.16. The van der Waals surface area contributed by atoms with Crippen LogP contribution in [0.25, 0.3) is 0 Å². The van der Waals surface area contributed by atoms with Gasteiger partial charge in [0.25, 0.3) is 0 Å². The van der Waals surface area contributed by atoms with Crippen LogP contribution in [-0.4, -0.2) is 47.4 Å². The topological polar surface area (TPSA) is 74.7 Å². The van der Waals surface area contributed by atoms with E-state index in [0.717, 1.165) is 24.4 Å². The molecule has 0 aromatic carbocycles. The van der Waals surface area contributed by atoms with Gasteiger partial charge in [-0.05, 0) is 6.92 Å². The minimum Gasteiger partial charge on any atom is -0.477 e. The molecular weight excluding hydrogens is 230 g/mol. The third kappa shape index (κ3) is 2.49. The van der Waals surface area contributed by atoms with Crippen LogP contribution in [0.4, 0.5) is 5.13 Å². The van der Waals surface area contributed by atoms with E-state index in [4.69, 9.17) is 9.84 Å². The molecular formula is C9H13N3O3S. The van der Waals surface area contributed by atoms with Crippen molar-refractivity contribution >= 4 is 22.4 Å². The van der Waals surface area contributed by atoms with Gasteiger partial charge in [-0.2, -0.15) is 0 Å². The zero-order valence-corrected chi connectivity index (χ0v) is 9.71. The van der Waals surface area contributed by atoms with Crippen LogP contribution in [0.2, 0.25) is 0 Å². The van der Waals surface area contributed by atoms with Crippen LogP contribution in [0.15, 0.2) is 0 Å². The highest BCUT2D eigenvalue weighted by atomic mass is 32.1. The molecule has 1 saturated heterocycles.